The summed E-state index contributed by atoms with van der Waals surface area (Å²) in [6.07, 6.45) is 0. The molecule has 2 rings (SSSR count). The first kappa shape index (κ1) is 12.4. The van der Waals surface area contributed by atoms with Gasteiger partial charge in [-0.3, -0.25) is 4.79 Å². The van der Waals surface area contributed by atoms with Crippen LogP contribution in [-0.2, 0) is 0 Å². The summed E-state index contributed by atoms with van der Waals surface area (Å²) in [4.78, 5) is 11.8. The topological polar surface area (TPSA) is 66.0 Å². The Morgan fingerprint density at radius 2 is 2.00 bits per heavy atom. The van der Waals surface area contributed by atoms with Gasteiger partial charge >= 0.3 is 0 Å². The minimum Gasteiger partial charge on any atom is -0.444 e. The number of nitriles is 1. The van der Waals surface area contributed by atoms with E-state index in [4.69, 9.17) is 9.68 Å². The highest BCUT2D eigenvalue weighted by atomic mass is 79.9. The van der Waals surface area contributed by atoms with Crippen LogP contribution in [0.15, 0.2) is 51.6 Å². The quantitative estimate of drug-likeness (QED) is 0.948. The summed E-state index contributed by atoms with van der Waals surface area (Å²) in [5, 5.41) is 11.7. The van der Waals surface area contributed by atoms with Gasteiger partial charge in [0, 0.05) is 0 Å². The van der Waals surface area contributed by atoms with Crippen LogP contribution in [0.3, 0.4) is 0 Å². The van der Waals surface area contributed by atoms with Gasteiger partial charge < -0.3 is 9.73 Å². The van der Waals surface area contributed by atoms with E-state index >= 15 is 0 Å². The van der Waals surface area contributed by atoms with Gasteiger partial charge in [0.15, 0.2) is 10.4 Å². The second kappa shape index (κ2) is 5.52. The number of hydrogen-bond acceptors (Lipinski definition) is 3. The zero-order chi connectivity index (χ0) is 13.0. The molecular formula is C13H9BrN2O2. The van der Waals surface area contributed by atoms with E-state index < -0.39 is 11.9 Å². The van der Waals surface area contributed by atoms with Gasteiger partial charge in [0.2, 0.25) is 0 Å². The van der Waals surface area contributed by atoms with E-state index in [1.807, 2.05) is 24.3 Å². The number of carbonyl (C=O) groups is 1. The van der Waals surface area contributed by atoms with Crippen LogP contribution < -0.4 is 5.32 Å². The number of benzene rings is 1. The highest BCUT2D eigenvalue weighted by Crippen LogP contribution is 2.16. The van der Waals surface area contributed by atoms with Crippen LogP contribution in [0.25, 0.3) is 0 Å². The average Bonchev–Trinajstić information content (AvgIpc) is 2.83. The van der Waals surface area contributed by atoms with E-state index in [2.05, 4.69) is 21.2 Å². The Bertz CT molecular complexity index is 587. The molecule has 0 saturated heterocycles. The summed E-state index contributed by atoms with van der Waals surface area (Å²) < 4.78 is 5.59. The molecule has 1 heterocycles. The van der Waals surface area contributed by atoms with Gasteiger partial charge in [-0.15, -0.1) is 0 Å². The maximum Gasteiger partial charge on any atom is 0.288 e. The highest BCUT2D eigenvalue weighted by Gasteiger charge is 2.17. The van der Waals surface area contributed by atoms with Crippen LogP contribution in [0.1, 0.15) is 22.2 Å². The molecule has 0 saturated carbocycles. The molecule has 1 N–H and O–H groups in total. The predicted octanol–water partition coefficient (Wildman–Crippen LogP) is 3.04. The molecule has 4 nitrogen and oxygen atoms in total. The van der Waals surface area contributed by atoms with Crippen molar-refractivity contribution in [3.8, 4) is 6.07 Å². The predicted molar refractivity (Wildman–Crippen MR) is 68.7 cm³/mol. The molecule has 0 aliphatic heterocycles. The molecule has 0 fully saturated rings. The lowest BCUT2D eigenvalue weighted by atomic mass is 10.1. The smallest absolute Gasteiger partial charge is 0.288 e. The molecule has 90 valence electrons. The van der Waals surface area contributed by atoms with Gasteiger partial charge in [-0.2, -0.15) is 5.26 Å². The molecule has 1 unspecified atom stereocenters. The van der Waals surface area contributed by atoms with Crippen molar-refractivity contribution in [1.82, 2.24) is 5.32 Å². The van der Waals surface area contributed by atoms with E-state index in [0.29, 0.717) is 4.67 Å². The summed E-state index contributed by atoms with van der Waals surface area (Å²) >= 11 is 3.12. The standard InChI is InChI=1S/C13H9BrN2O2/c14-12-7-6-11(18-12)13(17)16-10(8-15)9-4-2-1-3-5-9/h1-7,10H,(H,16,17). The lowest BCUT2D eigenvalue weighted by Crippen LogP contribution is -2.27. The highest BCUT2D eigenvalue weighted by molar-refractivity contribution is 9.10. The molecule has 0 aliphatic carbocycles. The van der Waals surface area contributed by atoms with Crippen LogP contribution in [-0.4, -0.2) is 5.91 Å². The second-order valence-electron chi connectivity index (χ2n) is 3.55. The van der Waals surface area contributed by atoms with Gasteiger partial charge in [-0.1, -0.05) is 30.3 Å². The summed E-state index contributed by atoms with van der Waals surface area (Å²) in [6.45, 7) is 0. The van der Waals surface area contributed by atoms with Crippen LogP contribution in [0.4, 0.5) is 0 Å². The van der Waals surface area contributed by atoms with Crippen molar-refractivity contribution in [2.45, 2.75) is 6.04 Å². The molecule has 0 spiro atoms. The number of rotatable bonds is 3. The number of nitrogens with one attached hydrogen (secondary N) is 1. The summed E-state index contributed by atoms with van der Waals surface area (Å²) in [7, 11) is 0. The molecule has 18 heavy (non-hydrogen) atoms. The maximum atomic E-state index is 11.8. The van der Waals surface area contributed by atoms with Crippen molar-refractivity contribution in [1.29, 1.82) is 5.26 Å². The first-order chi connectivity index (χ1) is 8.70. The summed E-state index contributed by atoms with van der Waals surface area (Å²) in [5.74, 6) is -0.255. The Balaban J connectivity index is 2.13. The third-order valence-corrected chi connectivity index (χ3v) is 2.76. The Labute approximate surface area is 112 Å². The van der Waals surface area contributed by atoms with E-state index in [-0.39, 0.29) is 5.76 Å². The lowest BCUT2D eigenvalue weighted by Gasteiger charge is -2.10. The normalized spacial score (nSPS) is 11.6. The first-order valence-corrected chi connectivity index (χ1v) is 6.01. The molecule has 1 aromatic carbocycles. The maximum absolute atomic E-state index is 11.8. The monoisotopic (exact) mass is 304 g/mol. The minimum absolute atomic E-state index is 0.165. The summed E-state index contributed by atoms with van der Waals surface area (Å²) in [6, 6.07) is 13.6. The van der Waals surface area contributed by atoms with E-state index in [9.17, 15) is 4.79 Å². The Kier molecular flexibility index (Phi) is 3.80. The molecule has 1 amide bonds. The number of nitrogens with zero attached hydrogens (tertiary/aromatic N) is 1. The fourth-order valence-electron chi connectivity index (χ4n) is 1.47. The molecule has 2 aromatic rings. The van der Waals surface area contributed by atoms with Crippen molar-refractivity contribution in [2.75, 3.05) is 0 Å². The van der Waals surface area contributed by atoms with Crippen molar-refractivity contribution >= 4 is 21.8 Å². The SMILES string of the molecule is N#CC(NC(=O)c1ccc(Br)o1)c1ccccc1. The first-order valence-electron chi connectivity index (χ1n) is 5.21. The third kappa shape index (κ3) is 2.79. The minimum atomic E-state index is -0.692. The van der Waals surface area contributed by atoms with Crippen molar-refractivity contribution in [3.63, 3.8) is 0 Å². The number of halogens is 1. The Morgan fingerprint density at radius 3 is 2.56 bits per heavy atom. The molecule has 5 heteroatoms. The third-order valence-electron chi connectivity index (χ3n) is 2.33. The zero-order valence-corrected chi connectivity index (χ0v) is 10.8. The average molecular weight is 305 g/mol. The van der Waals surface area contributed by atoms with Crippen LogP contribution >= 0.6 is 15.9 Å². The molecular weight excluding hydrogens is 296 g/mol. The van der Waals surface area contributed by atoms with Gasteiger partial charge in [-0.05, 0) is 33.6 Å². The van der Waals surface area contributed by atoms with Crippen molar-refractivity contribution in [2.24, 2.45) is 0 Å². The Morgan fingerprint density at radius 1 is 1.28 bits per heavy atom. The summed E-state index contributed by atoms with van der Waals surface area (Å²) in [5.41, 5.74) is 0.735. The van der Waals surface area contributed by atoms with E-state index in [0.717, 1.165) is 5.56 Å². The lowest BCUT2D eigenvalue weighted by molar-refractivity contribution is 0.0916. The number of carbonyl (C=O) groups excluding carboxylic acids is 1. The van der Waals surface area contributed by atoms with E-state index in [1.54, 1.807) is 24.3 Å². The van der Waals surface area contributed by atoms with Crippen molar-refractivity contribution < 1.29 is 9.21 Å². The molecule has 0 bridgehead atoms. The van der Waals surface area contributed by atoms with Gasteiger partial charge in [-0.25, -0.2) is 0 Å². The number of furan rings is 1. The molecule has 0 aliphatic rings. The number of amides is 1. The van der Waals surface area contributed by atoms with Crippen LogP contribution in [0.5, 0.6) is 0 Å². The van der Waals surface area contributed by atoms with Gasteiger partial charge in [0.25, 0.3) is 5.91 Å². The van der Waals surface area contributed by atoms with Crippen LogP contribution in [0.2, 0.25) is 0 Å². The fourth-order valence-corrected chi connectivity index (χ4v) is 1.78. The van der Waals surface area contributed by atoms with Gasteiger partial charge in [0.1, 0.15) is 6.04 Å². The number of hydrogen-bond donors (Lipinski definition) is 1. The zero-order valence-electron chi connectivity index (χ0n) is 9.26. The van der Waals surface area contributed by atoms with Crippen LogP contribution in [0, 0.1) is 11.3 Å². The van der Waals surface area contributed by atoms with E-state index in [1.165, 1.54) is 0 Å². The second-order valence-corrected chi connectivity index (χ2v) is 4.33. The van der Waals surface area contributed by atoms with Crippen molar-refractivity contribution in [3.05, 3.63) is 58.5 Å². The fraction of sp³-hybridized carbons (Fsp3) is 0.0769. The Hall–Kier alpha value is -2.06. The largest absolute Gasteiger partial charge is 0.444 e. The molecule has 0 radical (unpaired) electrons. The van der Waals surface area contributed by atoms with Gasteiger partial charge in [0.05, 0.1) is 6.07 Å². The molecule has 1 atom stereocenters. The molecule has 1 aromatic heterocycles.